The van der Waals surface area contributed by atoms with Gasteiger partial charge in [0, 0.05) is 23.8 Å². The zero-order chi connectivity index (χ0) is 16.2. The number of aromatic nitrogens is 2. The molecule has 0 bridgehead atoms. The van der Waals surface area contributed by atoms with Crippen molar-refractivity contribution in [2.75, 3.05) is 5.32 Å². The Morgan fingerprint density at radius 2 is 1.96 bits per heavy atom. The van der Waals surface area contributed by atoms with Gasteiger partial charge in [-0.3, -0.25) is 4.79 Å². The van der Waals surface area contributed by atoms with Crippen LogP contribution in [-0.4, -0.2) is 21.7 Å². The van der Waals surface area contributed by atoms with Crippen molar-refractivity contribution in [3.8, 4) is 11.8 Å². The van der Waals surface area contributed by atoms with Gasteiger partial charge in [0.1, 0.15) is 6.07 Å². The number of carbonyl (C=O) groups is 1. The van der Waals surface area contributed by atoms with Gasteiger partial charge in [0.15, 0.2) is 0 Å². The summed E-state index contributed by atoms with van der Waals surface area (Å²) in [7, 11) is 0. The van der Waals surface area contributed by atoms with Crippen molar-refractivity contribution in [2.45, 2.75) is 31.7 Å². The summed E-state index contributed by atoms with van der Waals surface area (Å²) in [6, 6.07) is 9.70. The van der Waals surface area contributed by atoms with E-state index in [-0.39, 0.29) is 17.9 Å². The summed E-state index contributed by atoms with van der Waals surface area (Å²) in [6.45, 7) is 0. The summed E-state index contributed by atoms with van der Waals surface area (Å²) in [4.78, 5) is 12.3. The van der Waals surface area contributed by atoms with Crippen molar-refractivity contribution in [3.63, 3.8) is 0 Å². The average Bonchev–Trinajstić information content (AvgIpc) is 3.05. The molecule has 1 aliphatic rings. The fourth-order valence-electron chi connectivity index (χ4n) is 2.84. The molecule has 1 aromatic carbocycles. The first kappa shape index (κ1) is 15.3. The molecule has 3 N–H and O–H groups in total. The number of rotatable bonds is 3. The third-order valence-corrected chi connectivity index (χ3v) is 4.25. The molecule has 2 aromatic rings. The van der Waals surface area contributed by atoms with Gasteiger partial charge in [-0.05, 0) is 49.9 Å². The van der Waals surface area contributed by atoms with Crippen LogP contribution in [0.15, 0.2) is 36.7 Å². The van der Waals surface area contributed by atoms with E-state index in [0.29, 0.717) is 5.56 Å². The van der Waals surface area contributed by atoms with Gasteiger partial charge in [-0.25, -0.2) is 4.68 Å². The Bertz CT molecular complexity index is 720. The summed E-state index contributed by atoms with van der Waals surface area (Å²) < 4.78 is 1.63. The van der Waals surface area contributed by atoms with Gasteiger partial charge in [-0.15, -0.1) is 0 Å². The lowest BCUT2D eigenvalue weighted by atomic mass is 9.86. The van der Waals surface area contributed by atoms with Crippen LogP contribution in [0.3, 0.4) is 0 Å². The Morgan fingerprint density at radius 1 is 1.26 bits per heavy atom. The molecule has 1 amide bonds. The van der Waals surface area contributed by atoms with Gasteiger partial charge >= 0.3 is 0 Å². The Morgan fingerprint density at radius 3 is 2.57 bits per heavy atom. The van der Waals surface area contributed by atoms with Crippen LogP contribution in [-0.2, 0) is 4.79 Å². The Hall–Kier alpha value is -2.65. The average molecular weight is 309 g/mol. The number of hydrogen-bond acceptors (Lipinski definition) is 4. The molecular weight excluding hydrogens is 290 g/mol. The SMILES string of the molecule is N#Cc1cnn(-c2ccc(NC(=O)C3CCC(N)CC3)cc2)c1. The first-order chi connectivity index (χ1) is 11.2. The first-order valence-corrected chi connectivity index (χ1v) is 7.77. The zero-order valence-electron chi connectivity index (χ0n) is 12.8. The molecule has 118 valence electrons. The number of nitriles is 1. The van der Waals surface area contributed by atoms with E-state index in [4.69, 9.17) is 11.0 Å². The van der Waals surface area contributed by atoms with Crippen molar-refractivity contribution in [2.24, 2.45) is 11.7 Å². The Kier molecular flexibility index (Phi) is 4.40. The van der Waals surface area contributed by atoms with Gasteiger partial charge in [0.25, 0.3) is 0 Å². The van der Waals surface area contributed by atoms with E-state index >= 15 is 0 Å². The lowest BCUT2D eigenvalue weighted by Crippen LogP contribution is -2.32. The molecule has 1 saturated carbocycles. The number of anilines is 1. The Balaban J connectivity index is 1.63. The number of amides is 1. The molecule has 0 radical (unpaired) electrons. The maximum absolute atomic E-state index is 12.3. The molecule has 6 nitrogen and oxygen atoms in total. The number of hydrogen-bond donors (Lipinski definition) is 2. The summed E-state index contributed by atoms with van der Waals surface area (Å²) in [5, 5.41) is 15.9. The largest absolute Gasteiger partial charge is 0.328 e. The monoisotopic (exact) mass is 309 g/mol. The number of nitrogens with one attached hydrogen (secondary N) is 1. The molecule has 6 heteroatoms. The molecule has 1 heterocycles. The van der Waals surface area contributed by atoms with E-state index in [2.05, 4.69) is 10.4 Å². The van der Waals surface area contributed by atoms with Gasteiger partial charge in [0.2, 0.25) is 5.91 Å². The third kappa shape index (κ3) is 3.58. The smallest absolute Gasteiger partial charge is 0.227 e. The highest BCUT2D eigenvalue weighted by Crippen LogP contribution is 2.24. The highest BCUT2D eigenvalue weighted by atomic mass is 16.1. The maximum atomic E-state index is 12.3. The number of carbonyl (C=O) groups excluding carboxylic acids is 1. The van der Waals surface area contributed by atoms with E-state index in [1.54, 1.807) is 10.9 Å². The van der Waals surface area contributed by atoms with Crippen LogP contribution in [0.25, 0.3) is 5.69 Å². The molecule has 0 saturated heterocycles. The van der Waals surface area contributed by atoms with E-state index in [9.17, 15) is 4.79 Å². The third-order valence-electron chi connectivity index (χ3n) is 4.25. The highest BCUT2D eigenvalue weighted by Gasteiger charge is 2.24. The number of benzene rings is 1. The predicted octanol–water partition coefficient (Wildman–Crippen LogP) is 2.20. The highest BCUT2D eigenvalue weighted by molar-refractivity contribution is 5.92. The van der Waals surface area contributed by atoms with E-state index in [0.717, 1.165) is 37.1 Å². The van der Waals surface area contributed by atoms with Gasteiger partial charge in [-0.2, -0.15) is 10.4 Å². The quantitative estimate of drug-likeness (QED) is 0.908. The second-order valence-corrected chi connectivity index (χ2v) is 5.93. The molecular formula is C17H19N5O. The zero-order valence-corrected chi connectivity index (χ0v) is 12.8. The number of nitrogens with two attached hydrogens (primary N) is 1. The van der Waals surface area contributed by atoms with Crippen LogP contribution in [0, 0.1) is 17.2 Å². The van der Waals surface area contributed by atoms with Crippen molar-refractivity contribution < 1.29 is 4.79 Å². The molecule has 0 unspecified atom stereocenters. The molecule has 1 aliphatic carbocycles. The second-order valence-electron chi connectivity index (χ2n) is 5.93. The summed E-state index contributed by atoms with van der Waals surface area (Å²) in [6.07, 6.45) is 6.72. The standard InChI is InChI=1S/C17H19N5O/c18-9-12-10-20-22(11-12)16-7-5-15(6-8-16)21-17(23)13-1-3-14(19)4-2-13/h5-8,10-11,13-14H,1-4,19H2,(H,21,23). The normalized spacial score (nSPS) is 20.7. The van der Waals surface area contributed by atoms with Crippen LogP contribution in [0.4, 0.5) is 5.69 Å². The Labute approximate surface area is 134 Å². The fourth-order valence-corrected chi connectivity index (χ4v) is 2.84. The van der Waals surface area contributed by atoms with Crippen LogP contribution < -0.4 is 11.1 Å². The molecule has 0 aliphatic heterocycles. The van der Waals surface area contributed by atoms with Crippen molar-refractivity contribution in [3.05, 3.63) is 42.2 Å². The molecule has 1 aromatic heterocycles. The van der Waals surface area contributed by atoms with E-state index in [1.165, 1.54) is 6.20 Å². The van der Waals surface area contributed by atoms with Crippen LogP contribution in [0.1, 0.15) is 31.2 Å². The van der Waals surface area contributed by atoms with Gasteiger partial charge in [0.05, 0.1) is 17.4 Å². The lowest BCUT2D eigenvalue weighted by Gasteiger charge is -2.25. The molecule has 3 rings (SSSR count). The van der Waals surface area contributed by atoms with Gasteiger partial charge < -0.3 is 11.1 Å². The minimum absolute atomic E-state index is 0.0544. The molecule has 1 fully saturated rings. The summed E-state index contributed by atoms with van der Waals surface area (Å²) in [5.74, 6) is 0.120. The predicted molar refractivity (Wildman–Crippen MR) is 86.8 cm³/mol. The van der Waals surface area contributed by atoms with Crippen LogP contribution >= 0.6 is 0 Å². The number of nitrogens with zero attached hydrogens (tertiary/aromatic N) is 3. The van der Waals surface area contributed by atoms with Crippen LogP contribution in [0.2, 0.25) is 0 Å². The maximum Gasteiger partial charge on any atom is 0.227 e. The van der Waals surface area contributed by atoms with E-state index in [1.807, 2.05) is 30.3 Å². The van der Waals surface area contributed by atoms with Gasteiger partial charge in [-0.1, -0.05) is 0 Å². The lowest BCUT2D eigenvalue weighted by molar-refractivity contribution is -0.120. The first-order valence-electron chi connectivity index (χ1n) is 7.77. The van der Waals surface area contributed by atoms with Crippen molar-refractivity contribution >= 4 is 11.6 Å². The van der Waals surface area contributed by atoms with Crippen molar-refractivity contribution in [1.82, 2.24) is 9.78 Å². The molecule has 0 spiro atoms. The minimum Gasteiger partial charge on any atom is -0.328 e. The second kappa shape index (κ2) is 6.63. The summed E-state index contributed by atoms with van der Waals surface area (Å²) in [5.41, 5.74) is 7.99. The molecule has 0 atom stereocenters. The fraction of sp³-hybridized carbons (Fsp3) is 0.353. The molecule has 23 heavy (non-hydrogen) atoms. The van der Waals surface area contributed by atoms with Crippen LogP contribution in [0.5, 0.6) is 0 Å². The topological polar surface area (TPSA) is 96.7 Å². The summed E-state index contributed by atoms with van der Waals surface area (Å²) >= 11 is 0. The van der Waals surface area contributed by atoms with Crippen molar-refractivity contribution in [1.29, 1.82) is 5.26 Å². The minimum atomic E-state index is 0.0544. The van der Waals surface area contributed by atoms with E-state index < -0.39 is 0 Å².